The highest BCUT2D eigenvalue weighted by molar-refractivity contribution is 14.0. The molecule has 1 aromatic carbocycles. The lowest BCUT2D eigenvalue weighted by Crippen LogP contribution is -2.32. The molecule has 7 heteroatoms. The molecule has 24 heavy (non-hydrogen) atoms. The van der Waals surface area contributed by atoms with Gasteiger partial charge in [-0.25, -0.2) is 4.99 Å². The van der Waals surface area contributed by atoms with Crippen LogP contribution in [0.4, 0.5) is 0 Å². The molecule has 0 bridgehead atoms. The van der Waals surface area contributed by atoms with Crippen molar-refractivity contribution in [1.82, 2.24) is 5.32 Å². The van der Waals surface area contributed by atoms with Crippen LogP contribution in [0.3, 0.4) is 0 Å². The highest BCUT2D eigenvalue weighted by Gasteiger charge is 2.12. The lowest BCUT2D eigenvalue weighted by molar-refractivity contribution is 0.369. The van der Waals surface area contributed by atoms with Crippen LogP contribution in [-0.2, 0) is 6.54 Å². The molecule has 0 heterocycles. The zero-order valence-corrected chi connectivity index (χ0v) is 17.4. The van der Waals surface area contributed by atoms with E-state index < -0.39 is 0 Å². The third kappa shape index (κ3) is 7.46. The number of nitrogens with one attached hydrogen (secondary N) is 1. The number of hydrogen-bond acceptors (Lipinski definition) is 4. The number of nitrogens with two attached hydrogens (primary N) is 1. The molecule has 0 amide bonds. The molecule has 1 aromatic rings. The van der Waals surface area contributed by atoms with Crippen LogP contribution in [0, 0.1) is 0 Å². The van der Waals surface area contributed by atoms with E-state index in [4.69, 9.17) is 19.9 Å². The monoisotopic (exact) mass is 451 g/mol. The number of rotatable bonds is 10. The van der Waals surface area contributed by atoms with Gasteiger partial charge in [0.15, 0.2) is 5.96 Å². The van der Waals surface area contributed by atoms with Crippen LogP contribution in [0.1, 0.15) is 38.2 Å². The molecule has 0 unspecified atom stereocenters. The molecule has 0 saturated carbocycles. The van der Waals surface area contributed by atoms with Crippen LogP contribution in [0.2, 0.25) is 0 Å². The quantitative estimate of drug-likeness (QED) is 0.247. The third-order valence-corrected chi connectivity index (χ3v) is 3.56. The summed E-state index contributed by atoms with van der Waals surface area (Å²) < 4.78 is 16.0. The van der Waals surface area contributed by atoms with E-state index in [9.17, 15) is 0 Å². The normalized spacial score (nSPS) is 10.8. The molecule has 138 valence electrons. The van der Waals surface area contributed by atoms with Crippen LogP contribution >= 0.6 is 24.0 Å². The molecular weight excluding hydrogens is 421 g/mol. The summed E-state index contributed by atoms with van der Waals surface area (Å²) in [4.78, 5) is 4.37. The fraction of sp³-hybridized carbons (Fsp3) is 0.588. The minimum atomic E-state index is 0. The van der Waals surface area contributed by atoms with Gasteiger partial charge in [0, 0.05) is 18.7 Å². The molecule has 0 fully saturated rings. The molecule has 0 spiro atoms. The summed E-state index contributed by atoms with van der Waals surface area (Å²) in [7, 11) is 4.82. The standard InChI is InChI=1S/C17H29N3O3.HI/c1-5-6-7-8-9-19-17(18)20-12-14-15(22-3)10-13(21-2)11-16(14)23-4;/h10-11H,5-9,12H2,1-4H3,(H3,18,19,20);1H. The highest BCUT2D eigenvalue weighted by atomic mass is 127. The van der Waals surface area contributed by atoms with Gasteiger partial charge in [0.2, 0.25) is 0 Å². The van der Waals surface area contributed by atoms with Crippen LogP contribution in [0.25, 0.3) is 0 Å². The van der Waals surface area contributed by atoms with Crippen molar-refractivity contribution in [2.24, 2.45) is 10.7 Å². The predicted octanol–water partition coefficient (Wildman–Crippen LogP) is 3.32. The van der Waals surface area contributed by atoms with Gasteiger partial charge in [-0.05, 0) is 6.42 Å². The first kappa shape index (κ1) is 22.6. The van der Waals surface area contributed by atoms with Crippen molar-refractivity contribution in [2.75, 3.05) is 27.9 Å². The molecule has 0 aliphatic rings. The topological polar surface area (TPSA) is 78.1 Å². The Labute approximate surface area is 162 Å². The first-order valence-electron chi connectivity index (χ1n) is 7.98. The number of unbranched alkanes of at least 4 members (excludes halogenated alkanes) is 3. The largest absolute Gasteiger partial charge is 0.496 e. The summed E-state index contributed by atoms with van der Waals surface area (Å²) in [6.45, 7) is 3.41. The average molecular weight is 451 g/mol. The number of ether oxygens (including phenoxy) is 3. The number of hydrogen-bond donors (Lipinski definition) is 2. The van der Waals surface area contributed by atoms with Crippen molar-refractivity contribution < 1.29 is 14.2 Å². The molecule has 6 nitrogen and oxygen atoms in total. The Bertz CT molecular complexity index is 485. The zero-order valence-electron chi connectivity index (χ0n) is 15.1. The second kappa shape index (κ2) is 13.0. The Hall–Kier alpha value is -1.38. The lowest BCUT2D eigenvalue weighted by atomic mass is 10.1. The van der Waals surface area contributed by atoms with Crippen LogP contribution in [-0.4, -0.2) is 33.8 Å². The second-order valence-corrected chi connectivity index (χ2v) is 5.20. The molecule has 0 atom stereocenters. The first-order chi connectivity index (χ1) is 11.2. The molecule has 0 aromatic heterocycles. The van der Waals surface area contributed by atoms with E-state index in [2.05, 4.69) is 17.2 Å². The summed E-state index contributed by atoms with van der Waals surface area (Å²) in [5.74, 6) is 2.44. The second-order valence-electron chi connectivity index (χ2n) is 5.20. The summed E-state index contributed by atoms with van der Waals surface area (Å²) in [5, 5.41) is 3.13. The number of methoxy groups -OCH3 is 3. The van der Waals surface area contributed by atoms with Crippen LogP contribution in [0.15, 0.2) is 17.1 Å². The Balaban J connectivity index is 0.00000529. The Morgan fingerprint density at radius 2 is 1.67 bits per heavy atom. The minimum absolute atomic E-state index is 0. The average Bonchev–Trinajstić information content (AvgIpc) is 2.58. The van der Waals surface area contributed by atoms with Crippen LogP contribution < -0.4 is 25.3 Å². The maximum Gasteiger partial charge on any atom is 0.188 e. The van der Waals surface area contributed by atoms with Crippen molar-refractivity contribution in [3.63, 3.8) is 0 Å². The number of nitrogens with zero attached hydrogens (tertiary/aromatic N) is 1. The first-order valence-corrected chi connectivity index (χ1v) is 7.98. The van der Waals surface area contributed by atoms with Crippen LogP contribution in [0.5, 0.6) is 17.2 Å². The van der Waals surface area contributed by atoms with Gasteiger partial charge in [0.25, 0.3) is 0 Å². The minimum Gasteiger partial charge on any atom is -0.496 e. The fourth-order valence-electron chi connectivity index (χ4n) is 2.22. The van der Waals surface area contributed by atoms with E-state index in [1.165, 1.54) is 19.3 Å². The van der Waals surface area contributed by atoms with E-state index in [1.54, 1.807) is 21.3 Å². The summed E-state index contributed by atoms with van der Waals surface area (Å²) in [5.41, 5.74) is 6.75. The van der Waals surface area contributed by atoms with Gasteiger partial charge >= 0.3 is 0 Å². The molecule has 3 N–H and O–H groups in total. The van der Waals surface area contributed by atoms with Gasteiger partial charge in [0.05, 0.1) is 33.4 Å². The molecule has 0 saturated heterocycles. The lowest BCUT2D eigenvalue weighted by Gasteiger charge is -2.14. The van der Waals surface area contributed by atoms with Crippen molar-refractivity contribution >= 4 is 29.9 Å². The Kier molecular flexibility index (Phi) is 12.2. The van der Waals surface area contributed by atoms with Crippen molar-refractivity contribution in [3.8, 4) is 17.2 Å². The van der Waals surface area contributed by atoms with Gasteiger partial charge in [-0.15, -0.1) is 24.0 Å². The summed E-state index contributed by atoms with van der Waals surface area (Å²) >= 11 is 0. The van der Waals surface area contributed by atoms with E-state index >= 15 is 0 Å². The smallest absolute Gasteiger partial charge is 0.188 e. The van der Waals surface area contributed by atoms with Gasteiger partial charge in [0.1, 0.15) is 17.2 Å². The SMILES string of the molecule is CCCCCCNC(N)=NCc1c(OC)cc(OC)cc1OC.I. The van der Waals surface area contributed by atoms with Gasteiger partial charge < -0.3 is 25.3 Å². The third-order valence-electron chi connectivity index (χ3n) is 3.56. The highest BCUT2D eigenvalue weighted by Crippen LogP contribution is 2.34. The van der Waals surface area contributed by atoms with Crippen molar-refractivity contribution in [2.45, 2.75) is 39.2 Å². The Morgan fingerprint density at radius 1 is 1.04 bits per heavy atom. The van der Waals surface area contributed by atoms with Gasteiger partial charge in [-0.2, -0.15) is 0 Å². The Morgan fingerprint density at radius 3 is 2.17 bits per heavy atom. The number of halogens is 1. The van der Waals surface area contributed by atoms with E-state index in [0.29, 0.717) is 29.8 Å². The fourth-order valence-corrected chi connectivity index (χ4v) is 2.22. The van der Waals surface area contributed by atoms with Crippen molar-refractivity contribution in [1.29, 1.82) is 0 Å². The molecule has 0 aliphatic heterocycles. The molecule has 1 rings (SSSR count). The number of aliphatic imine (C=N–C) groups is 1. The predicted molar refractivity (Wildman–Crippen MR) is 109 cm³/mol. The van der Waals surface area contributed by atoms with E-state index in [-0.39, 0.29) is 24.0 Å². The number of guanidine groups is 1. The van der Waals surface area contributed by atoms with E-state index in [0.717, 1.165) is 18.5 Å². The molecular formula is C17H30IN3O3. The van der Waals surface area contributed by atoms with E-state index in [1.807, 2.05) is 12.1 Å². The number of benzene rings is 1. The van der Waals surface area contributed by atoms with Gasteiger partial charge in [-0.1, -0.05) is 26.2 Å². The molecule has 0 radical (unpaired) electrons. The summed E-state index contributed by atoms with van der Waals surface area (Å²) in [6, 6.07) is 3.61. The maximum atomic E-state index is 5.91. The van der Waals surface area contributed by atoms with Gasteiger partial charge in [-0.3, -0.25) is 0 Å². The zero-order chi connectivity index (χ0) is 17.1. The van der Waals surface area contributed by atoms with Crippen molar-refractivity contribution in [3.05, 3.63) is 17.7 Å². The maximum absolute atomic E-state index is 5.91. The summed E-state index contributed by atoms with van der Waals surface area (Å²) in [6.07, 6.45) is 4.77. The molecule has 0 aliphatic carbocycles.